The Morgan fingerprint density at radius 3 is 2.70 bits per heavy atom. The summed E-state index contributed by atoms with van der Waals surface area (Å²) in [7, 11) is 0. The molecule has 0 aliphatic rings. The fourth-order valence-electron chi connectivity index (χ4n) is 1.58. The van der Waals surface area contributed by atoms with Crippen molar-refractivity contribution < 1.29 is 24.7 Å². The first kappa shape index (κ1) is 15.2. The van der Waals surface area contributed by atoms with Gasteiger partial charge in [0.05, 0.1) is 17.6 Å². The smallest absolute Gasteiger partial charge is 0.323 e. The quantitative estimate of drug-likeness (QED) is 0.358. The highest BCUT2D eigenvalue weighted by Gasteiger charge is 2.24. The zero-order chi connectivity index (χ0) is 15.3. The second-order valence-corrected chi connectivity index (χ2v) is 3.88. The van der Waals surface area contributed by atoms with Crippen LogP contribution in [0.5, 0.6) is 11.5 Å². The molecule has 106 valence electrons. The van der Waals surface area contributed by atoms with Gasteiger partial charge in [-0.15, -0.1) is 0 Å². The maximum absolute atomic E-state index is 11.5. The van der Waals surface area contributed by atoms with Crippen LogP contribution in [-0.4, -0.2) is 27.7 Å². The zero-order valence-corrected chi connectivity index (χ0v) is 10.6. The Hall–Kier alpha value is -2.82. The standard InChI is InChI=1S/C12H12N2O6/c1-2-20-12(17)8(6-13)3-7-4-9(14(18)19)11(16)10(15)5-7/h4-5,8,15-16H,2-3H2,1H3. The Labute approximate surface area is 114 Å². The van der Waals surface area contributed by atoms with Gasteiger partial charge in [-0.05, 0) is 25.0 Å². The van der Waals surface area contributed by atoms with E-state index in [1.54, 1.807) is 13.0 Å². The van der Waals surface area contributed by atoms with Crippen LogP contribution in [0.2, 0.25) is 0 Å². The van der Waals surface area contributed by atoms with Gasteiger partial charge in [0, 0.05) is 6.07 Å². The van der Waals surface area contributed by atoms with Crippen molar-refractivity contribution in [3.05, 3.63) is 27.8 Å². The van der Waals surface area contributed by atoms with Gasteiger partial charge in [0.25, 0.3) is 0 Å². The summed E-state index contributed by atoms with van der Waals surface area (Å²) in [6, 6.07) is 3.79. The second kappa shape index (κ2) is 6.38. The summed E-state index contributed by atoms with van der Waals surface area (Å²) in [5, 5.41) is 38.3. The number of hydrogen-bond acceptors (Lipinski definition) is 7. The Morgan fingerprint density at radius 1 is 1.55 bits per heavy atom. The molecule has 8 heteroatoms. The van der Waals surface area contributed by atoms with E-state index in [1.807, 2.05) is 0 Å². The molecule has 0 heterocycles. The molecule has 0 saturated carbocycles. The second-order valence-electron chi connectivity index (χ2n) is 3.88. The third kappa shape index (κ3) is 3.35. The first-order valence-corrected chi connectivity index (χ1v) is 5.66. The molecule has 0 radical (unpaired) electrons. The van der Waals surface area contributed by atoms with Crippen molar-refractivity contribution >= 4 is 11.7 Å². The molecule has 0 fully saturated rings. The number of hydrogen-bond donors (Lipinski definition) is 2. The lowest BCUT2D eigenvalue weighted by atomic mass is 10.00. The predicted molar refractivity (Wildman–Crippen MR) is 65.9 cm³/mol. The Bertz CT molecular complexity index is 578. The van der Waals surface area contributed by atoms with Crippen LogP contribution in [0, 0.1) is 27.4 Å². The van der Waals surface area contributed by atoms with Crippen LogP contribution < -0.4 is 0 Å². The number of phenols is 2. The number of nitrogens with zero attached hydrogens (tertiary/aromatic N) is 2. The normalized spacial score (nSPS) is 11.4. The third-order valence-electron chi connectivity index (χ3n) is 2.49. The van der Waals surface area contributed by atoms with Gasteiger partial charge in [-0.1, -0.05) is 0 Å². The number of ether oxygens (including phenoxy) is 1. The molecule has 8 nitrogen and oxygen atoms in total. The van der Waals surface area contributed by atoms with Crippen molar-refractivity contribution in [3.63, 3.8) is 0 Å². The zero-order valence-electron chi connectivity index (χ0n) is 10.6. The van der Waals surface area contributed by atoms with Crippen LogP contribution in [0.1, 0.15) is 12.5 Å². The molecule has 1 rings (SSSR count). The number of nitro groups is 1. The van der Waals surface area contributed by atoms with E-state index in [0.717, 1.165) is 12.1 Å². The van der Waals surface area contributed by atoms with Crippen molar-refractivity contribution in [2.24, 2.45) is 5.92 Å². The number of carbonyl (C=O) groups excluding carboxylic acids is 1. The molecule has 1 aromatic carbocycles. The lowest BCUT2D eigenvalue weighted by Gasteiger charge is -2.09. The summed E-state index contributed by atoms with van der Waals surface area (Å²) in [5.41, 5.74) is -0.521. The van der Waals surface area contributed by atoms with Crippen molar-refractivity contribution in [3.8, 4) is 17.6 Å². The summed E-state index contributed by atoms with van der Waals surface area (Å²) in [4.78, 5) is 21.3. The van der Waals surface area contributed by atoms with E-state index < -0.39 is 34.0 Å². The number of rotatable bonds is 5. The highest BCUT2D eigenvalue weighted by atomic mass is 16.6. The van der Waals surface area contributed by atoms with Crippen LogP contribution >= 0.6 is 0 Å². The maximum Gasteiger partial charge on any atom is 0.323 e. The molecule has 0 aliphatic carbocycles. The van der Waals surface area contributed by atoms with Gasteiger partial charge in [0.1, 0.15) is 5.92 Å². The van der Waals surface area contributed by atoms with Crippen molar-refractivity contribution in [2.45, 2.75) is 13.3 Å². The van der Waals surface area contributed by atoms with E-state index in [0.29, 0.717) is 0 Å². The number of benzene rings is 1. The minimum Gasteiger partial charge on any atom is -0.504 e. The van der Waals surface area contributed by atoms with E-state index in [1.165, 1.54) is 0 Å². The molecular formula is C12H12N2O6. The highest BCUT2D eigenvalue weighted by molar-refractivity contribution is 5.75. The molecule has 1 unspecified atom stereocenters. The summed E-state index contributed by atoms with van der Waals surface area (Å²) in [6.07, 6.45) is -0.163. The van der Waals surface area contributed by atoms with Gasteiger partial charge in [0.2, 0.25) is 5.75 Å². The topological polar surface area (TPSA) is 134 Å². The van der Waals surface area contributed by atoms with E-state index in [2.05, 4.69) is 0 Å². The van der Waals surface area contributed by atoms with Gasteiger partial charge in [-0.3, -0.25) is 14.9 Å². The minimum absolute atomic E-state index is 0.109. The Balaban J connectivity index is 3.06. The number of nitriles is 1. The molecule has 0 aromatic heterocycles. The fraction of sp³-hybridized carbons (Fsp3) is 0.333. The average molecular weight is 280 g/mol. The monoisotopic (exact) mass is 280 g/mol. The maximum atomic E-state index is 11.5. The van der Waals surface area contributed by atoms with Gasteiger partial charge < -0.3 is 14.9 Å². The molecule has 2 N–H and O–H groups in total. The average Bonchev–Trinajstić information content (AvgIpc) is 2.39. The largest absolute Gasteiger partial charge is 0.504 e. The minimum atomic E-state index is -1.14. The van der Waals surface area contributed by atoms with E-state index >= 15 is 0 Å². The number of phenolic OH excluding ortho intramolecular Hbond substituents is 2. The van der Waals surface area contributed by atoms with Gasteiger partial charge in [-0.25, -0.2) is 0 Å². The number of esters is 1. The molecule has 0 spiro atoms. The van der Waals surface area contributed by atoms with Crippen LogP contribution in [0.25, 0.3) is 0 Å². The predicted octanol–water partition coefficient (Wildman–Crippen LogP) is 1.25. The molecule has 20 heavy (non-hydrogen) atoms. The molecule has 0 bridgehead atoms. The number of aromatic hydroxyl groups is 2. The molecule has 0 aliphatic heterocycles. The van der Waals surface area contributed by atoms with Crippen LogP contribution in [0.15, 0.2) is 12.1 Å². The third-order valence-corrected chi connectivity index (χ3v) is 2.49. The lowest BCUT2D eigenvalue weighted by molar-refractivity contribution is -0.386. The van der Waals surface area contributed by atoms with Crippen LogP contribution in [0.4, 0.5) is 5.69 Å². The van der Waals surface area contributed by atoms with Gasteiger partial charge in [-0.2, -0.15) is 5.26 Å². The summed E-state index contributed by atoms with van der Waals surface area (Å²) in [6.45, 7) is 1.70. The van der Waals surface area contributed by atoms with Crippen molar-refractivity contribution in [1.82, 2.24) is 0 Å². The van der Waals surface area contributed by atoms with Gasteiger partial charge in [0.15, 0.2) is 5.75 Å². The van der Waals surface area contributed by atoms with E-state index in [4.69, 9.17) is 10.00 Å². The Kier molecular flexibility index (Phi) is 4.86. The summed E-state index contributed by atoms with van der Waals surface area (Å²) >= 11 is 0. The van der Waals surface area contributed by atoms with Crippen LogP contribution in [-0.2, 0) is 16.0 Å². The van der Waals surface area contributed by atoms with E-state index in [-0.39, 0.29) is 18.6 Å². The summed E-state index contributed by atoms with van der Waals surface area (Å²) in [5.74, 6) is -3.43. The van der Waals surface area contributed by atoms with Crippen molar-refractivity contribution in [1.29, 1.82) is 5.26 Å². The van der Waals surface area contributed by atoms with Gasteiger partial charge >= 0.3 is 11.7 Å². The fourth-order valence-corrected chi connectivity index (χ4v) is 1.58. The molecular weight excluding hydrogens is 268 g/mol. The lowest BCUT2D eigenvalue weighted by Crippen LogP contribution is -2.18. The highest BCUT2D eigenvalue weighted by Crippen LogP contribution is 2.36. The molecule has 0 saturated heterocycles. The van der Waals surface area contributed by atoms with E-state index in [9.17, 15) is 25.1 Å². The van der Waals surface area contributed by atoms with Crippen LogP contribution in [0.3, 0.4) is 0 Å². The first-order valence-electron chi connectivity index (χ1n) is 5.66. The Morgan fingerprint density at radius 2 is 2.20 bits per heavy atom. The number of carbonyl (C=O) groups is 1. The first-order chi connectivity index (χ1) is 9.40. The van der Waals surface area contributed by atoms with Crippen molar-refractivity contribution in [2.75, 3.05) is 6.61 Å². The summed E-state index contributed by atoms with van der Waals surface area (Å²) < 4.78 is 4.69. The molecule has 1 aromatic rings. The molecule has 1 atom stereocenters. The SMILES string of the molecule is CCOC(=O)C(C#N)Cc1cc(O)c(O)c([N+](=O)[O-])c1. The number of nitro benzene ring substituents is 1. The molecule has 0 amide bonds.